The molecular formula is C8H12N6O2S2. The first-order valence-corrected chi connectivity index (χ1v) is 6.77. The third-order valence-electron chi connectivity index (χ3n) is 2.12. The van der Waals surface area contributed by atoms with Crippen molar-refractivity contribution in [2.75, 3.05) is 34.4 Å². The van der Waals surface area contributed by atoms with Crippen LogP contribution in [0.5, 0.6) is 0 Å². The Labute approximate surface area is 110 Å². The summed E-state index contributed by atoms with van der Waals surface area (Å²) in [4.78, 5) is 1.02. The highest BCUT2D eigenvalue weighted by molar-refractivity contribution is 8.76. The lowest BCUT2D eigenvalue weighted by atomic mass is 10.5. The van der Waals surface area contributed by atoms with E-state index in [-0.39, 0.29) is 34.9 Å². The Morgan fingerprint density at radius 3 is 1.11 bits per heavy atom. The molecule has 0 aliphatic carbocycles. The predicted octanol–water partition coefficient (Wildman–Crippen LogP) is 1.17. The second kappa shape index (κ2) is 4.38. The van der Waals surface area contributed by atoms with Gasteiger partial charge in [0, 0.05) is 0 Å². The van der Waals surface area contributed by atoms with Crippen molar-refractivity contribution in [1.29, 1.82) is 0 Å². The molecule has 0 aromatic carbocycles. The van der Waals surface area contributed by atoms with Crippen LogP contribution in [0.2, 0.25) is 0 Å². The molecule has 2 aromatic heterocycles. The third kappa shape index (κ3) is 1.95. The van der Waals surface area contributed by atoms with E-state index in [1.165, 1.54) is 21.6 Å². The normalized spacial score (nSPS) is 10.9. The van der Waals surface area contributed by atoms with Gasteiger partial charge in [-0.1, -0.05) is 0 Å². The highest BCUT2D eigenvalue weighted by atomic mass is 33.1. The maximum absolute atomic E-state index is 5.71. The fourth-order valence-corrected chi connectivity index (χ4v) is 3.51. The summed E-state index contributed by atoms with van der Waals surface area (Å²) in [5.41, 5.74) is 34.2. The fourth-order valence-electron chi connectivity index (χ4n) is 1.18. The van der Waals surface area contributed by atoms with Crippen molar-refractivity contribution in [1.82, 2.24) is 0 Å². The highest BCUT2D eigenvalue weighted by Gasteiger charge is 2.19. The van der Waals surface area contributed by atoms with E-state index in [0.717, 1.165) is 0 Å². The maximum atomic E-state index is 5.71. The van der Waals surface area contributed by atoms with E-state index in [4.69, 9.17) is 43.2 Å². The molecule has 0 radical (unpaired) electrons. The molecule has 8 nitrogen and oxygen atoms in total. The minimum absolute atomic E-state index is 0.0725. The topological polar surface area (TPSA) is 182 Å². The summed E-state index contributed by atoms with van der Waals surface area (Å²) in [5.74, 6) is 0.415. The van der Waals surface area contributed by atoms with E-state index < -0.39 is 0 Å². The van der Waals surface area contributed by atoms with Gasteiger partial charge in [0.25, 0.3) is 0 Å². The molecule has 0 spiro atoms. The Morgan fingerprint density at radius 1 is 0.556 bits per heavy atom. The molecule has 10 heteroatoms. The van der Waals surface area contributed by atoms with Crippen LogP contribution in [-0.4, -0.2) is 0 Å². The number of rotatable bonds is 3. The quantitative estimate of drug-likeness (QED) is 0.448. The summed E-state index contributed by atoms with van der Waals surface area (Å²) >= 11 is 0. The largest absolute Gasteiger partial charge is 0.422 e. The lowest BCUT2D eigenvalue weighted by Gasteiger charge is -2.00. The molecule has 0 saturated heterocycles. The zero-order valence-electron chi connectivity index (χ0n) is 9.10. The van der Waals surface area contributed by atoms with Crippen LogP contribution in [0.4, 0.5) is 34.9 Å². The van der Waals surface area contributed by atoms with Crippen LogP contribution in [0.15, 0.2) is 18.6 Å². The zero-order chi connectivity index (χ0) is 13.4. The fraction of sp³-hybridized carbons (Fsp3) is 0. The summed E-state index contributed by atoms with van der Waals surface area (Å²) in [7, 11) is 2.41. The van der Waals surface area contributed by atoms with Crippen molar-refractivity contribution in [3.05, 3.63) is 0 Å². The van der Waals surface area contributed by atoms with Crippen LogP contribution in [0.1, 0.15) is 0 Å². The predicted molar refractivity (Wildman–Crippen MR) is 75.6 cm³/mol. The number of nitrogens with two attached hydrogens (primary N) is 6. The van der Waals surface area contributed by atoms with Gasteiger partial charge in [-0.3, -0.25) is 0 Å². The molecule has 98 valence electrons. The van der Waals surface area contributed by atoms with E-state index in [9.17, 15) is 0 Å². The molecule has 2 aromatic rings. The van der Waals surface area contributed by atoms with Crippen molar-refractivity contribution >= 4 is 56.5 Å². The number of anilines is 6. The van der Waals surface area contributed by atoms with E-state index in [1.807, 2.05) is 0 Å². The van der Waals surface area contributed by atoms with Gasteiger partial charge in [-0.05, 0) is 21.6 Å². The third-order valence-corrected chi connectivity index (χ3v) is 4.62. The summed E-state index contributed by atoms with van der Waals surface area (Å²) in [6, 6.07) is 0. The van der Waals surface area contributed by atoms with E-state index in [2.05, 4.69) is 0 Å². The first-order valence-electron chi connectivity index (χ1n) is 4.62. The standard InChI is InChI=1S/C8H12N6O2S2/c9-1-3(7(13)15-5(1)11)17-18-4-2(10)6(12)16-8(4)14/h9-14H2. The van der Waals surface area contributed by atoms with Gasteiger partial charge in [0.05, 0.1) is 0 Å². The van der Waals surface area contributed by atoms with E-state index in [1.54, 1.807) is 0 Å². The van der Waals surface area contributed by atoms with E-state index >= 15 is 0 Å². The molecule has 12 N–H and O–H groups in total. The van der Waals surface area contributed by atoms with Gasteiger partial charge in [0.1, 0.15) is 21.2 Å². The van der Waals surface area contributed by atoms with Crippen molar-refractivity contribution in [2.24, 2.45) is 0 Å². The Hall–Kier alpha value is -1.94. The smallest absolute Gasteiger partial charge is 0.217 e. The molecular weight excluding hydrogens is 276 g/mol. The van der Waals surface area contributed by atoms with Crippen LogP contribution < -0.4 is 34.4 Å². The summed E-state index contributed by atoms with van der Waals surface area (Å²) in [6.45, 7) is 0. The molecule has 0 saturated carbocycles. The Morgan fingerprint density at radius 2 is 0.889 bits per heavy atom. The molecule has 18 heavy (non-hydrogen) atoms. The molecule has 0 fully saturated rings. The van der Waals surface area contributed by atoms with Crippen molar-refractivity contribution < 1.29 is 8.83 Å². The van der Waals surface area contributed by atoms with Gasteiger partial charge in [0.15, 0.2) is 0 Å². The van der Waals surface area contributed by atoms with Crippen LogP contribution in [0.3, 0.4) is 0 Å². The lowest BCUT2D eigenvalue weighted by molar-refractivity contribution is 0.603. The number of hydrogen-bond acceptors (Lipinski definition) is 10. The average Bonchev–Trinajstić information content (AvgIpc) is 2.67. The van der Waals surface area contributed by atoms with Crippen molar-refractivity contribution in [2.45, 2.75) is 9.79 Å². The lowest BCUT2D eigenvalue weighted by Crippen LogP contribution is -1.92. The first kappa shape index (κ1) is 12.5. The van der Waals surface area contributed by atoms with E-state index in [0.29, 0.717) is 9.79 Å². The molecule has 0 aliphatic heterocycles. The number of furan rings is 2. The summed E-state index contributed by atoms with van der Waals surface area (Å²) < 4.78 is 9.97. The number of nitrogen functional groups attached to an aromatic ring is 6. The maximum Gasteiger partial charge on any atom is 0.217 e. The minimum Gasteiger partial charge on any atom is -0.422 e. The molecule has 0 atom stereocenters. The average molecular weight is 288 g/mol. The van der Waals surface area contributed by atoms with Gasteiger partial charge in [-0.15, -0.1) is 0 Å². The molecule has 0 unspecified atom stereocenters. The molecule has 0 amide bonds. The summed E-state index contributed by atoms with van der Waals surface area (Å²) in [5, 5.41) is 0. The van der Waals surface area contributed by atoms with Crippen molar-refractivity contribution in [3.63, 3.8) is 0 Å². The van der Waals surface area contributed by atoms with Gasteiger partial charge in [0.2, 0.25) is 23.5 Å². The molecule has 2 heterocycles. The minimum atomic E-state index is 0.0725. The van der Waals surface area contributed by atoms with Crippen LogP contribution >= 0.6 is 21.6 Å². The monoisotopic (exact) mass is 288 g/mol. The van der Waals surface area contributed by atoms with Crippen LogP contribution in [-0.2, 0) is 0 Å². The second-order valence-electron chi connectivity index (χ2n) is 3.31. The van der Waals surface area contributed by atoms with Gasteiger partial charge < -0.3 is 43.2 Å². The Balaban J connectivity index is 2.21. The first-order chi connectivity index (χ1) is 8.41. The van der Waals surface area contributed by atoms with Gasteiger partial charge >= 0.3 is 0 Å². The van der Waals surface area contributed by atoms with Crippen LogP contribution in [0, 0.1) is 0 Å². The second-order valence-corrected chi connectivity index (χ2v) is 5.46. The van der Waals surface area contributed by atoms with Gasteiger partial charge in [-0.25, -0.2) is 0 Å². The molecule has 0 bridgehead atoms. The van der Waals surface area contributed by atoms with Crippen LogP contribution in [0.25, 0.3) is 0 Å². The van der Waals surface area contributed by atoms with Crippen molar-refractivity contribution in [3.8, 4) is 0 Å². The highest BCUT2D eigenvalue weighted by Crippen LogP contribution is 2.50. The Kier molecular flexibility index (Phi) is 3.05. The summed E-state index contributed by atoms with van der Waals surface area (Å²) in [6.07, 6.45) is 0. The van der Waals surface area contributed by atoms with Gasteiger partial charge in [-0.2, -0.15) is 0 Å². The Bertz CT molecular complexity index is 541. The number of hydrogen-bond donors (Lipinski definition) is 6. The molecule has 2 rings (SSSR count). The SMILES string of the molecule is Nc1oc(N)c(SSc2c(N)oc(N)c2N)c1N. The molecule has 0 aliphatic rings. The zero-order valence-corrected chi connectivity index (χ0v) is 10.7.